The molecule has 3 rings (SSSR count). The van der Waals surface area contributed by atoms with Gasteiger partial charge in [0.05, 0.1) is 19.8 Å². The van der Waals surface area contributed by atoms with E-state index in [1.54, 1.807) is 7.11 Å². The molecular weight excluding hydrogens is 356 g/mol. The van der Waals surface area contributed by atoms with Crippen molar-refractivity contribution < 1.29 is 14.2 Å². The first-order valence-electron chi connectivity index (χ1n) is 10.3. The highest BCUT2D eigenvalue weighted by molar-refractivity contribution is 5.80. The van der Waals surface area contributed by atoms with Crippen LogP contribution in [0.2, 0.25) is 0 Å². The summed E-state index contributed by atoms with van der Waals surface area (Å²) in [5, 5.41) is 3.50. The van der Waals surface area contributed by atoms with E-state index in [1.807, 2.05) is 19.2 Å². The van der Waals surface area contributed by atoms with E-state index in [9.17, 15) is 0 Å². The van der Waals surface area contributed by atoms with Crippen molar-refractivity contribution in [2.24, 2.45) is 10.9 Å². The van der Waals surface area contributed by atoms with Gasteiger partial charge in [-0.15, -0.1) is 0 Å². The normalized spacial score (nSPS) is 21.1. The van der Waals surface area contributed by atoms with Gasteiger partial charge in [0.15, 0.2) is 5.96 Å². The largest absolute Gasteiger partial charge is 0.492 e. The molecule has 1 N–H and O–H groups in total. The molecule has 2 aliphatic heterocycles. The molecule has 156 valence electrons. The summed E-state index contributed by atoms with van der Waals surface area (Å²) >= 11 is 0. The minimum absolute atomic E-state index is 0.583. The first kappa shape index (κ1) is 20.9. The van der Waals surface area contributed by atoms with Gasteiger partial charge in [0, 0.05) is 64.9 Å². The number of nitrogens with zero attached hydrogens (tertiary/aromatic N) is 3. The molecule has 0 amide bonds. The number of morpholine rings is 1. The molecule has 1 unspecified atom stereocenters. The number of benzene rings is 1. The van der Waals surface area contributed by atoms with Gasteiger partial charge in [-0.05, 0) is 12.5 Å². The van der Waals surface area contributed by atoms with Crippen molar-refractivity contribution >= 4 is 5.96 Å². The summed E-state index contributed by atoms with van der Waals surface area (Å²) in [7, 11) is 3.61. The van der Waals surface area contributed by atoms with Gasteiger partial charge in [-0.25, -0.2) is 0 Å². The average Bonchev–Trinajstić information content (AvgIpc) is 3.19. The second-order valence-corrected chi connectivity index (χ2v) is 7.37. The maximum Gasteiger partial charge on any atom is 0.193 e. The zero-order valence-electron chi connectivity index (χ0n) is 17.2. The summed E-state index contributed by atoms with van der Waals surface area (Å²) in [6.45, 7) is 8.77. The predicted octanol–water partition coefficient (Wildman–Crippen LogP) is 1.44. The standard InChI is InChI=1S/C21H34N4O3/c1-22-21(25-8-7-18(16-25)17-26-2)23-15-19-5-3-4-6-20(19)28-14-11-24-9-12-27-13-10-24/h3-6,18H,7-17H2,1-2H3,(H,22,23). The van der Waals surface area contributed by atoms with Gasteiger partial charge >= 0.3 is 0 Å². The van der Waals surface area contributed by atoms with Crippen LogP contribution in [-0.4, -0.2) is 89.1 Å². The number of guanidine groups is 1. The molecule has 2 fully saturated rings. The SMILES string of the molecule is CN=C(NCc1ccccc1OCCN1CCOCC1)N1CCC(COC)C1. The smallest absolute Gasteiger partial charge is 0.193 e. The lowest BCUT2D eigenvalue weighted by Gasteiger charge is -2.26. The predicted molar refractivity (Wildman–Crippen MR) is 111 cm³/mol. The molecule has 2 aliphatic rings. The van der Waals surface area contributed by atoms with Gasteiger partial charge < -0.3 is 24.4 Å². The molecule has 0 saturated carbocycles. The molecule has 2 saturated heterocycles. The summed E-state index contributed by atoms with van der Waals surface area (Å²) in [6.07, 6.45) is 1.15. The Morgan fingerprint density at radius 1 is 1.25 bits per heavy atom. The Balaban J connectivity index is 1.48. The highest BCUT2D eigenvalue weighted by Gasteiger charge is 2.24. The van der Waals surface area contributed by atoms with Crippen LogP contribution in [0.3, 0.4) is 0 Å². The fourth-order valence-electron chi connectivity index (χ4n) is 3.80. The summed E-state index contributed by atoms with van der Waals surface area (Å²) in [4.78, 5) is 9.16. The van der Waals surface area contributed by atoms with Gasteiger partial charge in [-0.1, -0.05) is 18.2 Å². The van der Waals surface area contributed by atoms with Crippen LogP contribution in [-0.2, 0) is 16.0 Å². The summed E-state index contributed by atoms with van der Waals surface area (Å²) < 4.78 is 16.8. The molecule has 0 radical (unpaired) electrons. The van der Waals surface area contributed by atoms with Gasteiger partial charge in [-0.2, -0.15) is 0 Å². The molecule has 7 heteroatoms. The van der Waals surface area contributed by atoms with Crippen LogP contribution in [0.5, 0.6) is 5.75 Å². The molecule has 2 heterocycles. The van der Waals surface area contributed by atoms with Crippen molar-refractivity contribution in [2.45, 2.75) is 13.0 Å². The van der Waals surface area contributed by atoms with E-state index < -0.39 is 0 Å². The molecule has 0 spiro atoms. The number of nitrogens with one attached hydrogen (secondary N) is 1. The number of ether oxygens (including phenoxy) is 3. The van der Waals surface area contributed by atoms with E-state index in [2.05, 4.69) is 32.2 Å². The fourth-order valence-corrected chi connectivity index (χ4v) is 3.80. The molecule has 1 atom stereocenters. The van der Waals surface area contributed by atoms with E-state index in [0.717, 1.165) is 76.2 Å². The lowest BCUT2D eigenvalue weighted by Crippen LogP contribution is -2.40. The Labute approximate surface area is 168 Å². The van der Waals surface area contributed by atoms with E-state index in [0.29, 0.717) is 19.1 Å². The van der Waals surface area contributed by atoms with Crippen LogP contribution in [0.1, 0.15) is 12.0 Å². The monoisotopic (exact) mass is 390 g/mol. The van der Waals surface area contributed by atoms with E-state index in [-0.39, 0.29) is 0 Å². The van der Waals surface area contributed by atoms with Crippen molar-refractivity contribution in [1.29, 1.82) is 0 Å². The molecule has 0 aromatic heterocycles. The number of hydrogen-bond donors (Lipinski definition) is 1. The molecular formula is C21H34N4O3. The highest BCUT2D eigenvalue weighted by atomic mass is 16.5. The van der Waals surface area contributed by atoms with Crippen molar-refractivity contribution in [3.63, 3.8) is 0 Å². The Bertz CT molecular complexity index is 619. The van der Waals surface area contributed by atoms with Crippen molar-refractivity contribution in [1.82, 2.24) is 15.1 Å². The number of rotatable bonds is 8. The zero-order valence-corrected chi connectivity index (χ0v) is 17.2. The van der Waals surface area contributed by atoms with Gasteiger partial charge in [0.1, 0.15) is 12.4 Å². The minimum atomic E-state index is 0.583. The third kappa shape index (κ3) is 6.09. The summed E-state index contributed by atoms with van der Waals surface area (Å²) in [6, 6.07) is 8.24. The fraction of sp³-hybridized carbons (Fsp3) is 0.667. The molecule has 1 aromatic rings. The minimum Gasteiger partial charge on any atom is -0.492 e. The van der Waals surface area contributed by atoms with E-state index in [1.165, 1.54) is 0 Å². The average molecular weight is 391 g/mol. The van der Waals surface area contributed by atoms with Crippen molar-refractivity contribution in [3.05, 3.63) is 29.8 Å². The Morgan fingerprint density at radius 3 is 2.86 bits per heavy atom. The number of methoxy groups -OCH3 is 1. The van der Waals surface area contributed by atoms with Crippen LogP contribution >= 0.6 is 0 Å². The van der Waals surface area contributed by atoms with Crippen LogP contribution in [0, 0.1) is 5.92 Å². The lowest BCUT2D eigenvalue weighted by molar-refractivity contribution is 0.0322. The van der Waals surface area contributed by atoms with Crippen molar-refractivity contribution in [2.75, 3.05) is 73.3 Å². The Hall–Kier alpha value is -1.83. The topological polar surface area (TPSA) is 58.6 Å². The Morgan fingerprint density at radius 2 is 2.07 bits per heavy atom. The van der Waals surface area contributed by atoms with Crippen molar-refractivity contribution in [3.8, 4) is 5.75 Å². The third-order valence-corrected chi connectivity index (χ3v) is 5.38. The quantitative estimate of drug-likeness (QED) is 0.536. The summed E-state index contributed by atoms with van der Waals surface area (Å²) in [5.41, 5.74) is 1.15. The molecule has 7 nitrogen and oxygen atoms in total. The Kier molecular flexibility index (Phi) is 8.39. The van der Waals surface area contributed by atoms with Crippen LogP contribution < -0.4 is 10.1 Å². The van der Waals surface area contributed by atoms with Crippen LogP contribution in [0.25, 0.3) is 0 Å². The second kappa shape index (κ2) is 11.2. The number of hydrogen-bond acceptors (Lipinski definition) is 5. The molecule has 0 aliphatic carbocycles. The third-order valence-electron chi connectivity index (χ3n) is 5.38. The zero-order chi connectivity index (χ0) is 19.6. The molecule has 1 aromatic carbocycles. The van der Waals surface area contributed by atoms with Gasteiger partial charge in [0.25, 0.3) is 0 Å². The molecule has 0 bridgehead atoms. The van der Waals surface area contributed by atoms with Crippen LogP contribution in [0.15, 0.2) is 29.3 Å². The number of para-hydroxylation sites is 1. The first-order chi connectivity index (χ1) is 13.8. The summed E-state index contributed by atoms with van der Waals surface area (Å²) in [5.74, 6) is 2.47. The lowest BCUT2D eigenvalue weighted by atomic mass is 10.1. The van der Waals surface area contributed by atoms with Gasteiger partial charge in [0.2, 0.25) is 0 Å². The molecule has 28 heavy (non-hydrogen) atoms. The maximum atomic E-state index is 6.09. The van der Waals surface area contributed by atoms with E-state index >= 15 is 0 Å². The van der Waals surface area contributed by atoms with E-state index in [4.69, 9.17) is 14.2 Å². The first-order valence-corrected chi connectivity index (χ1v) is 10.3. The highest BCUT2D eigenvalue weighted by Crippen LogP contribution is 2.19. The van der Waals surface area contributed by atoms with Gasteiger partial charge in [-0.3, -0.25) is 9.89 Å². The van der Waals surface area contributed by atoms with Crippen LogP contribution in [0.4, 0.5) is 0 Å². The maximum absolute atomic E-state index is 6.09. The number of likely N-dealkylation sites (tertiary alicyclic amines) is 1. The number of aliphatic imine (C=N–C) groups is 1. The second-order valence-electron chi connectivity index (χ2n) is 7.37.